The van der Waals surface area contributed by atoms with Crippen molar-refractivity contribution >= 4 is 34.9 Å². The average Bonchev–Trinajstić information content (AvgIpc) is 3.49. The molecule has 2 unspecified atom stereocenters. The summed E-state index contributed by atoms with van der Waals surface area (Å²) in [6.07, 6.45) is -2.99. The molecule has 0 aromatic carbocycles. The second-order valence-electron chi connectivity index (χ2n) is 10.1. The summed E-state index contributed by atoms with van der Waals surface area (Å²) in [5.41, 5.74) is 6.60. The predicted molar refractivity (Wildman–Crippen MR) is 138 cm³/mol. The number of likely N-dealkylation sites (N-methyl/N-ethyl adjacent to an activating group) is 2. The Hall–Kier alpha value is -4.00. The van der Waals surface area contributed by atoms with E-state index in [-0.39, 0.29) is 34.6 Å². The highest BCUT2D eigenvalue weighted by atomic mass is 16.6. The van der Waals surface area contributed by atoms with E-state index in [1.54, 1.807) is 18.9 Å². The van der Waals surface area contributed by atoms with Gasteiger partial charge in [0.2, 0.25) is 5.82 Å². The Morgan fingerprint density at radius 3 is 2.67 bits per heavy atom. The number of ether oxygens (including phenoxy) is 2. The van der Waals surface area contributed by atoms with Crippen LogP contribution in [0.25, 0.3) is 11.2 Å². The van der Waals surface area contributed by atoms with E-state index in [0.29, 0.717) is 32.6 Å². The van der Waals surface area contributed by atoms with Gasteiger partial charge in [-0.05, 0) is 31.6 Å². The van der Waals surface area contributed by atoms with E-state index in [4.69, 9.17) is 15.2 Å². The first-order valence-corrected chi connectivity index (χ1v) is 13.2. The van der Waals surface area contributed by atoms with Crippen LogP contribution in [0.1, 0.15) is 38.2 Å². The summed E-state index contributed by atoms with van der Waals surface area (Å²) < 4.78 is 12.4. The van der Waals surface area contributed by atoms with Gasteiger partial charge in [-0.25, -0.2) is 19.7 Å². The summed E-state index contributed by atoms with van der Waals surface area (Å²) in [6, 6.07) is 0. The van der Waals surface area contributed by atoms with E-state index >= 15 is 0 Å². The largest absolute Gasteiger partial charge is 0.434 e. The number of likely N-dealkylation sites (tertiary alicyclic amines) is 2. The molecule has 40 heavy (non-hydrogen) atoms. The molecule has 15 heteroatoms. The first-order chi connectivity index (χ1) is 19.2. The Morgan fingerprint density at radius 2 is 2.00 bits per heavy atom. The fourth-order valence-electron chi connectivity index (χ4n) is 4.99. The third kappa shape index (κ3) is 5.25. The van der Waals surface area contributed by atoms with Crippen molar-refractivity contribution < 1.29 is 34.1 Å². The van der Waals surface area contributed by atoms with Crippen LogP contribution in [-0.2, 0) is 19.1 Å². The molecular weight excluding hydrogens is 524 g/mol. The topological polar surface area (TPSA) is 198 Å². The molecule has 2 aromatic heterocycles. The lowest BCUT2D eigenvalue weighted by Gasteiger charge is -2.37. The third-order valence-corrected chi connectivity index (χ3v) is 7.37. The van der Waals surface area contributed by atoms with Crippen LogP contribution in [0.15, 0.2) is 6.33 Å². The summed E-state index contributed by atoms with van der Waals surface area (Å²) in [4.78, 5) is 52.2. The molecular formula is C25H32N8O7. The molecule has 3 aliphatic heterocycles. The SMILES string of the molecule is CCNC(=O)[C@H]1O[C@@H](n2cnc3c(N)nc(C#CCC4CCN(C(=O)OC5CN(C)C5=O)CC4)nc32)[C@@H](O)C1O. The number of nitrogens with zero attached hydrogens (tertiary/aromatic N) is 6. The van der Waals surface area contributed by atoms with Gasteiger partial charge in [0.25, 0.3) is 11.8 Å². The van der Waals surface area contributed by atoms with Gasteiger partial charge in [0, 0.05) is 33.1 Å². The zero-order valence-corrected chi connectivity index (χ0v) is 22.2. The number of rotatable bonds is 5. The third-order valence-electron chi connectivity index (χ3n) is 7.37. The molecule has 3 amide bonds. The maximum Gasteiger partial charge on any atom is 0.410 e. The molecule has 5 heterocycles. The van der Waals surface area contributed by atoms with Gasteiger partial charge in [-0.3, -0.25) is 14.2 Å². The Kier molecular flexibility index (Phi) is 7.74. The molecule has 2 aromatic rings. The summed E-state index contributed by atoms with van der Waals surface area (Å²) in [5.74, 6) is 5.78. The van der Waals surface area contributed by atoms with E-state index in [0.717, 1.165) is 12.8 Å². The molecule has 3 aliphatic rings. The summed E-state index contributed by atoms with van der Waals surface area (Å²) >= 11 is 0. The number of nitrogens with one attached hydrogen (secondary N) is 1. The van der Waals surface area contributed by atoms with E-state index < -0.39 is 42.6 Å². The van der Waals surface area contributed by atoms with Crippen LogP contribution >= 0.6 is 0 Å². The highest BCUT2D eigenvalue weighted by molar-refractivity contribution is 5.88. The Morgan fingerprint density at radius 1 is 1.25 bits per heavy atom. The van der Waals surface area contributed by atoms with Crippen molar-refractivity contribution in [2.24, 2.45) is 5.92 Å². The van der Waals surface area contributed by atoms with Gasteiger partial charge >= 0.3 is 6.09 Å². The van der Waals surface area contributed by atoms with Crippen molar-refractivity contribution in [1.82, 2.24) is 34.6 Å². The highest BCUT2D eigenvalue weighted by Crippen LogP contribution is 2.32. The van der Waals surface area contributed by atoms with Gasteiger partial charge in [-0.15, -0.1) is 0 Å². The Labute approximate surface area is 229 Å². The molecule has 3 fully saturated rings. The fraction of sp³-hybridized carbons (Fsp3) is 0.600. The lowest BCUT2D eigenvalue weighted by Crippen LogP contribution is -2.57. The Balaban J connectivity index is 1.21. The maximum absolute atomic E-state index is 12.3. The second-order valence-corrected chi connectivity index (χ2v) is 10.1. The minimum Gasteiger partial charge on any atom is -0.434 e. The first-order valence-electron chi connectivity index (χ1n) is 13.2. The van der Waals surface area contributed by atoms with Gasteiger partial charge in [0.05, 0.1) is 12.9 Å². The fourth-order valence-corrected chi connectivity index (χ4v) is 4.99. The lowest BCUT2D eigenvalue weighted by atomic mass is 9.94. The first kappa shape index (κ1) is 27.6. The minimum absolute atomic E-state index is 0.0873. The van der Waals surface area contributed by atoms with Crippen LogP contribution in [0.2, 0.25) is 0 Å². The number of aliphatic hydroxyl groups excluding tert-OH is 2. The number of amides is 3. The van der Waals surface area contributed by atoms with Gasteiger partial charge in [0.1, 0.15) is 17.7 Å². The zero-order valence-electron chi connectivity index (χ0n) is 22.2. The van der Waals surface area contributed by atoms with Crippen LogP contribution in [0.3, 0.4) is 0 Å². The van der Waals surface area contributed by atoms with E-state index in [1.165, 1.54) is 15.8 Å². The molecule has 0 spiro atoms. The van der Waals surface area contributed by atoms with Crippen molar-refractivity contribution in [1.29, 1.82) is 0 Å². The number of nitrogens with two attached hydrogens (primary N) is 1. The van der Waals surface area contributed by atoms with Crippen LogP contribution in [-0.4, -0.2) is 115 Å². The summed E-state index contributed by atoms with van der Waals surface area (Å²) in [7, 11) is 1.66. The predicted octanol–water partition coefficient (Wildman–Crippen LogP) is -1.41. The standard InChI is InChI=1S/C25H32N8O7/c1-3-27-22(36)19-17(34)18(35)24(40-19)33-12-28-16-20(26)29-15(30-21(16)33)6-4-5-13-7-9-32(10-8-13)25(38)39-14-11-31(2)23(14)37/h12-14,17-19,24,34-35H,3,5,7-11H2,1-2H3,(H,27,36)(H2,26,29,30)/t14?,17?,18-,19-,24+/m0/s1. The number of aromatic nitrogens is 4. The number of aliphatic hydroxyl groups is 2. The monoisotopic (exact) mass is 556 g/mol. The second kappa shape index (κ2) is 11.2. The molecule has 0 aliphatic carbocycles. The van der Waals surface area contributed by atoms with Crippen LogP contribution in [0, 0.1) is 17.8 Å². The van der Waals surface area contributed by atoms with E-state index in [9.17, 15) is 24.6 Å². The number of β-lactam (4-membered cyclic amide) rings is 1. The van der Waals surface area contributed by atoms with Gasteiger partial charge in [-0.2, -0.15) is 0 Å². The molecule has 3 saturated heterocycles. The Bertz CT molecular complexity index is 1360. The quantitative estimate of drug-likeness (QED) is 0.249. The van der Waals surface area contributed by atoms with Gasteiger partial charge in [0.15, 0.2) is 29.9 Å². The molecule has 15 nitrogen and oxygen atoms in total. The number of fused-ring (bicyclic) bond motifs is 1. The number of nitrogen functional groups attached to an aromatic ring is 1. The number of hydrogen-bond donors (Lipinski definition) is 4. The van der Waals surface area contributed by atoms with E-state index in [1.807, 2.05) is 0 Å². The van der Waals surface area contributed by atoms with Crippen molar-refractivity contribution in [2.45, 2.75) is 56.8 Å². The molecule has 0 radical (unpaired) electrons. The van der Waals surface area contributed by atoms with Crippen LogP contribution in [0.4, 0.5) is 10.6 Å². The van der Waals surface area contributed by atoms with Crippen molar-refractivity contribution in [3.05, 3.63) is 12.2 Å². The zero-order chi connectivity index (χ0) is 28.6. The molecule has 214 valence electrons. The van der Waals surface area contributed by atoms with Crippen molar-refractivity contribution in [3.63, 3.8) is 0 Å². The minimum atomic E-state index is -1.44. The lowest BCUT2D eigenvalue weighted by molar-refractivity contribution is -0.154. The molecule has 5 N–H and O–H groups in total. The maximum atomic E-state index is 12.3. The molecule has 5 rings (SSSR count). The smallest absolute Gasteiger partial charge is 0.410 e. The molecule has 0 bridgehead atoms. The molecule has 0 saturated carbocycles. The summed E-state index contributed by atoms with van der Waals surface area (Å²) in [6.45, 7) is 3.53. The number of piperidine rings is 1. The van der Waals surface area contributed by atoms with Crippen LogP contribution < -0.4 is 11.1 Å². The normalized spacial score (nSPS) is 26.8. The number of carbonyl (C=O) groups is 3. The number of hydrogen-bond acceptors (Lipinski definition) is 11. The average molecular weight is 557 g/mol. The van der Waals surface area contributed by atoms with Crippen LogP contribution in [0.5, 0.6) is 0 Å². The number of anilines is 1. The highest BCUT2D eigenvalue weighted by Gasteiger charge is 2.47. The van der Waals surface area contributed by atoms with Gasteiger partial charge in [-0.1, -0.05) is 5.92 Å². The van der Waals surface area contributed by atoms with Crippen molar-refractivity contribution in [2.75, 3.05) is 39.0 Å². The summed E-state index contributed by atoms with van der Waals surface area (Å²) in [5, 5.41) is 23.5. The number of carbonyl (C=O) groups excluding carboxylic acids is 3. The number of imidazole rings is 1. The molecule has 5 atom stereocenters. The van der Waals surface area contributed by atoms with Gasteiger partial charge < -0.3 is 40.5 Å². The van der Waals surface area contributed by atoms with E-state index in [2.05, 4.69) is 32.1 Å². The van der Waals surface area contributed by atoms with Crippen molar-refractivity contribution in [3.8, 4) is 11.8 Å².